The Hall–Kier alpha value is -4.07. The molecular weight excluding hydrogens is 649 g/mol. The topological polar surface area (TPSA) is 163 Å². The molecule has 0 aliphatic carbocycles. The highest BCUT2D eigenvalue weighted by atomic mass is 35.5. The number of hydrogen-bond donors (Lipinski definition) is 2. The van der Waals surface area contributed by atoms with Gasteiger partial charge in [-0.3, -0.25) is 14.9 Å². The highest BCUT2D eigenvalue weighted by Gasteiger charge is 2.29. The van der Waals surface area contributed by atoms with E-state index >= 15 is 0 Å². The second-order valence-corrected chi connectivity index (χ2v) is 13.4. The molecule has 3 aromatic carbocycles. The lowest BCUT2D eigenvalue weighted by Gasteiger charge is -2.23. The maximum absolute atomic E-state index is 13.2. The van der Waals surface area contributed by atoms with Crippen LogP contribution >= 0.6 is 23.2 Å². The first-order valence-electron chi connectivity index (χ1n) is 13.6. The van der Waals surface area contributed by atoms with Crippen molar-refractivity contribution in [3.63, 3.8) is 0 Å². The first-order valence-corrected chi connectivity index (χ1v) is 15.8. The standard InChI is InChI=1S/C30H33Cl2N3O9S/c1-18-14-22(15-19(2)27(18)32)43-13-12-42-21-8-6-20(7-9-21)16-25(33-29(37)44-30(3,4)5)28(36)34-45(40,41)23-10-11-24(31)26(17-23)35(38)39/h6-11,14-15,17,25H,12-13,16H2,1-5H3,(H,33,37)(H,34,36)/t25-/m0/s1. The summed E-state index contributed by atoms with van der Waals surface area (Å²) in [6, 6.07) is 11.7. The number of alkyl carbamates (subject to hydrolysis) is 1. The lowest BCUT2D eigenvalue weighted by Crippen LogP contribution is -2.50. The Morgan fingerprint density at radius 3 is 2.07 bits per heavy atom. The predicted molar refractivity (Wildman–Crippen MR) is 169 cm³/mol. The van der Waals surface area contributed by atoms with Crippen LogP contribution in [0.4, 0.5) is 10.5 Å². The summed E-state index contributed by atoms with van der Waals surface area (Å²) in [4.78, 5) is 35.5. The number of nitro groups is 1. The van der Waals surface area contributed by atoms with E-state index in [0.29, 0.717) is 22.1 Å². The fourth-order valence-electron chi connectivity index (χ4n) is 3.99. The van der Waals surface area contributed by atoms with Crippen molar-refractivity contribution in [2.75, 3.05) is 13.2 Å². The quantitative estimate of drug-likeness (QED) is 0.134. The van der Waals surface area contributed by atoms with E-state index < -0.39 is 49.2 Å². The van der Waals surface area contributed by atoms with Crippen LogP contribution in [0.2, 0.25) is 10.0 Å². The number of nitro benzene ring substituents is 1. The van der Waals surface area contributed by atoms with Gasteiger partial charge >= 0.3 is 6.09 Å². The zero-order chi connectivity index (χ0) is 33.5. The molecule has 0 saturated heterocycles. The molecule has 0 aromatic heterocycles. The second-order valence-electron chi connectivity index (χ2n) is 11.0. The predicted octanol–water partition coefficient (Wildman–Crippen LogP) is 5.92. The van der Waals surface area contributed by atoms with Gasteiger partial charge < -0.3 is 19.5 Å². The number of aryl methyl sites for hydroxylation is 2. The maximum Gasteiger partial charge on any atom is 0.408 e. The molecule has 0 heterocycles. The van der Waals surface area contributed by atoms with Gasteiger partial charge in [0, 0.05) is 17.5 Å². The van der Waals surface area contributed by atoms with Crippen molar-refractivity contribution in [2.24, 2.45) is 0 Å². The van der Waals surface area contributed by atoms with Gasteiger partial charge in [-0.15, -0.1) is 0 Å². The number of benzene rings is 3. The van der Waals surface area contributed by atoms with Crippen LogP contribution in [0.1, 0.15) is 37.5 Å². The maximum atomic E-state index is 13.2. The molecule has 3 rings (SSSR count). The third-order valence-corrected chi connectivity index (χ3v) is 8.32. The first-order chi connectivity index (χ1) is 20.9. The summed E-state index contributed by atoms with van der Waals surface area (Å²) in [5.41, 5.74) is 0.819. The third kappa shape index (κ3) is 10.5. The molecule has 0 unspecified atom stereocenters. The molecule has 15 heteroatoms. The Labute approximate surface area is 271 Å². The highest BCUT2D eigenvalue weighted by Crippen LogP contribution is 2.28. The van der Waals surface area contributed by atoms with E-state index in [1.54, 1.807) is 45.0 Å². The molecule has 2 N–H and O–H groups in total. The Bertz CT molecular complexity index is 1650. The molecule has 0 aliphatic heterocycles. The summed E-state index contributed by atoms with van der Waals surface area (Å²) in [7, 11) is -4.58. The van der Waals surface area contributed by atoms with Gasteiger partial charge in [-0.1, -0.05) is 35.3 Å². The summed E-state index contributed by atoms with van der Waals surface area (Å²) in [5, 5.41) is 14.0. The minimum absolute atomic E-state index is 0.125. The minimum Gasteiger partial charge on any atom is -0.490 e. The molecule has 0 radical (unpaired) electrons. The van der Waals surface area contributed by atoms with E-state index in [1.165, 1.54) is 0 Å². The summed E-state index contributed by atoms with van der Waals surface area (Å²) >= 11 is 12.0. The van der Waals surface area contributed by atoms with E-state index in [0.717, 1.165) is 29.3 Å². The van der Waals surface area contributed by atoms with Crippen LogP contribution in [-0.4, -0.2) is 50.2 Å². The Kier molecular flexibility index (Phi) is 11.7. The lowest BCUT2D eigenvalue weighted by atomic mass is 10.1. The van der Waals surface area contributed by atoms with E-state index in [9.17, 15) is 28.1 Å². The fourth-order valence-corrected chi connectivity index (χ4v) is 5.32. The smallest absolute Gasteiger partial charge is 0.408 e. The second kappa shape index (κ2) is 14.8. The summed E-state index contributed by atoms with van der Waals surface area (Å²) in [6.45, 7) is 9.18. The molecular formula is C30H33Cl2N3O9S. The van der Waals surface area contributed by atoms with Gasteiger partial charge in [-0.2, -0.15) is 0 Å². The van der Waals surface area contributed by atoms with Crippen molar-refractivity contribution in [3.05, 3.63) is 91.4 Å². The number of sulfonamides is 1. The summed E-state index contributed by atoms with van der Waals surface area (Å²) < 4.78 is 44.5. The highest BCUT2D eigenvalue weighted by molar-refractivity contribution is 7.90. The van der Waals surface area contributed by atoms with Gasteiger partial charge in [-0.25, -0.2) is 17.9 Å². The summed E-state index contributed by atoms with van der Waals surface area (Å²) in [5.74, 6) is 0.0916. The molecule has 0 fully saturated rings. The lowest BCUT2D eigenvalue weighted by molar-refractivity contribution is -0.384. The average molecular weight is 683 g/mol. The fraction of sp³-hybridized carbons (Fsp3) is 0.333. The molecule has 0 saturated carbocycles. The van der Waals surface area contributed by atoms with Crippen LogP contribution in [0.15, 0.2) is 59.5 Å². The Morgan fingerprint density at radius 1 is 0.933 bits per heavy atom. The van der Waals surface area contributed by atoms with Crippen LogP contribution in [-0.2, 0) is 26.0 Å². The zero-order valence-corrected chi connectivity index (χ0v) is 27.5. The average Bonchev–Trinajstić information content (AvgIpc) is 2.93. The van der Waals surface area contributed by atoms with Gasteiger partial charge in [-0.05, 0) is 87.7 Å². The van der Waals surface area contributed by atoms with Crippen molar-refractivity contribution < 1.29 is 37.1 Å². The van der Waals surface area contributed by atoms with Crippen molar-refractivity contribution in [2.45, 2.75) is 57.6 Å². The van der Waals surface area contributed by atoms with Gasteiger partial charge in [0.2, 0.25) is 0 Å². The molecule has 12 nitrogen and oxygen atoms in total. The van der Waals surface area contributed by atoms with E-state index in [-0.39, 0.29) is 24.7 Å². The van der Waals surface area contributed by atoms with Crippen LogP contribution in [0.25, 0.3) is 0 Å². The van der Waals surface area contributed by atoms with E-state index in [4.69, 9.17) is 37.4 Å². The number of carbonyl (C=O) groups is 2. The normalized spacial score (nSPS) is 12.2. The molecule has 0 bridgehead atoms. The van der Waals surface area contributed by atoms with E-state index in [2.05, 4.69) is 5.32 Å². The minimum atomic E-state index is -4.58. The van der Waals surface area contributed by atoms with Crippen LogP contribution in [0.3, 0.4) is 0 Å². The van der Waals surface area contributed by atoms with Gasteiger partial charge in [0.25, 0.3) is 21.6 Å². The number of rotatable bonds is 12. The van der Waals surface area contributed by atoms with Crippen molar-refractivity contribution >= 4 is 50.9 Å². The molecule has 0 aliphatic rings. The number of carbonyl (C=O) groups excluding carboxylic acids is 2. The largest absolute Gasteiger partial charge is 0.490 e. The van der Waals surface area contributed by atoms with Gasteiger partial charge in [0.15, 0.2) is 0 Å². The van der Waals surface area contributed by atoms with E-state index in [1.807, 2.05) is 30.7 Å². The Balaban J connectivity index is 1.69. The molecule has 2 amide bonds. The van der Waals surface area contributed by atoms with Gasteiger partial charge in [0.05, 0.1) is 9.82 Å². The first kappa shape index (κ1) is 35.4. The molecule has 45 heavy (non-hydrogen) atoms. The monoisotopic (exact) mass is 681 g/mol. The van der Waals surface area contributed by atoms with Crippen LogP contribution < -0.4 is 19.5 Å². The van der Waals surface area contributed by atoms with Gasteiger partial charge in [0.1, 0.15) is 41.4 Å². The number of hydrogen-bond acceptors (Lipinski definition) is 9. The summed E-state index contributed by atoms with van der Waals surface area (Å²) in [6.07, 6.45) is -1.08. The molecule has 1 atom stereocenters. The zero-order valence-electron chi connectivity index (χ0n) is 25.2. The van der Waals surface area contributed by atoms with Crippen molar-refractivity contribution in [3.8, 4) is 11.5 Å². The number of amides is 2. The van der Waals surface area contributed by atoms with Crippen LogP contribution in [0, 0.1) is 24.0 Å². The number of halogens is 2. The molecule has 242 valence electrons. The Morgan fingerprint density at radius 2 is 1.51 bits per heavy atom. The van der Waals surface area contributed by atoms with Crippen LogP contribution in [0.5, 0.6) is 11.5 Å². The number of nitrogens with one attached hydrogen (secondary N) is 2. The van der Waals surface area contributed by atoms with Crippen molar-refractivity contribution in [1.29, 1.82) is 0 Å². The van der Waals surface area contributed by atoms with Crippen molar-refractivity contribution in [1.82, 2.24) is 10.0 Å². The number of ether oxygens (including phenoxy) is 3. The molecule has 0 spiro atoms. The number of nitrogens with zero attached hydrogens (tertiary/aromatic N) is 1. The SMILES string of the molecule is Cc1cc(OCCOc2ccc(C[C@H](NC(=O)OC(C)(C)C)C(=O)NS(=O)(=O)c3ccc(Cl)c([N+](=O)[O-])c3)cc2)cc(C)c1Cl. The third-order valence-electron chi connectivity index (χ3n) is 6.06. The molecule has 3 aromatic rings.